The summed E-state index contributed by atoms with van der Waals surface area (Å²) in [6.07, 6.45) is 4.38. The lowest BCUT2D eigenvalue weighted by molar-refractivity contribution is -0.137. The second-order valence-electron chi connectivity index (χ2n) is 11.8. The Bertz CT molecular complexity index is 2000. The van der Waals surface area contributed by atoms with E-state index in [9.17, 15) is 18.4 Å². The van der Waals surface area contributed by atoms with Crippen molar-refractivity contribution < 1.29 is 23.1 Å². The Kier molecular flexibility index (Phi) is 7.78. The zero-order valence-electron chi connectivity index (χ0n) is 25.2. The Morgan fingerprint density at radius 1 is 0.935 bits per heavy atom. The van der Waals surface area contributed by atoms with Gasteiger partial charge >= 0.3 is 5.97 Å². The summed E-state index contributed by atoms with van der Waals surface area (Å²) in [5.41, 5.74) is 7.22. The lowest BCUT2D eigenvalue weighted by Crippen LogP contribution is -2.34. The minimum atomic E-state index is -0.636. The van der Waals surface area contributed by atoms with E-state index < -0.39 is 24.5 Å². The average molecular weight is 616 g/mol. The number of benzene rings is 4. The van der Waals surface area contributed by atoms with Crippen LogP contribution in [-0.2, 0) is 9.53 Å². The molecule has 0 radical (unpaired) electrons. The van der Waals surface area contributed by atoms with Gasteiger partial charge < -0.3 is 9.72 Å². The lowest BCUT2D eigenvalue weighted by Gasteiger charge is -2.29. The SMILES string of the molecule is Cc1c(C(=O)OCC(=O)N2N=C3/C(=C\c4ccc(F)cc4)CCCC3C2c2ccc(F)cc2)[nH]c2ccc(-c3ccccc3)cc12. The first-order chi connectivity index (χ1) is 22.4. The summed E-state index contributed by atoms with van der Waals surface area (Å²) in [6, 6.07) is 27.8. The van der Waals surface area contributed by atoms with Crippen LogP contribution in [0.5, 0.6) is 0 Å². The van der Waals surface area contributed by atoms with Crippen LogP contribution in [-0.4, -0.2) is 34.2 Å². The maximum atomic E-state index is 13.9. The molecule has 1 aliphatic carbocycles. The zero-order valence-corrected chi connectivity index (χ0v) is 25.2. The number of nitrogens with one attached hydrogen (secondary N) is 1. The number of rotatable bonds is 6. The number of H-pyrrole nitrogens is 1. The van der Waals surface area contributed by atoms with Gasteiger partial charge in [-0.2, -0.15) is 5.10 Å². The lowest BCUT2D eigenvalue weighted by atomic mass is 9.77. The maximum absolute atomic E-state index is 13.9. The quantitative estimate of drug-likeness (QED) is 0.195. The van der Waals surface area contributed by atoms with Crippen LogP contribution in [0.3, 0.4) is 0 Å². The Morgan fingerprint density at radius 3 is 2.39 bits per heavy atom. The topological polar surface area (TPSA) is 74.8 Å². The van der Waals surface area contributed by atoms with Crippen molar-refractivity contribution in [3.63, 3.8) is 0 Å². The maximum Gasteiger partial charge on any atom is 0.355 e. The monoisotopic (exact) mass is 615 g/mol. The number of hydrogen-bond acceptors (Lipinski definition) is 4. The van der Waals surface area contributed by atoms with Crippen molar-refractivity contribution in [3.8, 4) is 11.1 Å². The first-order valence-electron chi connectivity index (χ1n) is 15.3. The number of ether oxygens (including phenoxy) is 1. The van der Waals surface area contributed by atoms with Crippen LogP contribution in [0, 0.1) is 24.5 Å². The average Bonchev–Trinajstić information content (AvgIpc) is 3.64. The molecule has 7 rings (SSSR count). The normalized spacial score (nSPS) is 18.5. The van der Waals surface area contributed by atoms with Gasteiger partial charge in [0.25, 0.3) is 5.91 Å². The van der Waals surface area contributed by atoms with Crippen molar-refractivity contribution in [2.45, 2.75) is 32.2 Å². The predicted octanol–water partition coefficient (Wildman–Crippen LogP) is 8.40. The van der Waals surface area contributed by atoms with E-state index >= 15 is 0 Å². The van der Waals surface area contributed by atoms with Gasteiger partial charge in [0, 0.05) is 16.8 Å². The van der Waals surface area contributed by atoms with Gasteiger partial charge in [0.15, 0.2) is 6.61 Å². The number of aryl methyl sites for hydroxylation is 1. The molecule has 2 unspecified atom stereocenters. The van der Waals surface area contributed by atoms with Gasteiger partial charge in [-0.05, 0) is 102 Å². The second-order valence-corrected chi connectivity index (χ2v) is 11.8. The van der Waals surface area contributed by atoms with Gasteiger partial charge in [0.05, 0.1) is 11.8 Å². The van der Waals surface area contributed by atoms with Gasteiger partial charge in [0.1, 0.15) is 17.3 Å². The number of aromatic nitrogens is 1. The number of allylic oxidation sites excluding steroid dienone is 1. The highest BCUT2D eigenvalue weighted by atomic mass is 19.1. The van der Waals surface area contributed by atoms with E-state index in [2.05, 4.69) is 4.98 Å². The molecule has 1 N–H and O–H groups in total. The molecule has 46 heavy (non-hydrogen) atoms. The summed E-state index contributed by atoms with van der Waals surface area (Å²) >= 11 is 0. The number of hydrogen-bond donors (Lipinski definition) is 1. The van der Waals surface area contributed by atoms with Gasteiger partial charge in [-0.3, -0.25) is 4.79 Å². The molecule has 1 saturated carbocycles. The summed E-state index contributed by atoms with van der Waals surface area (Å²) in [7, 11) is 0. The third kappa shape index (κ3) is 5.62. The first-order valence-corrected chi connectivity index (χ1v) is 15.3. The van der Waals surface area contributed by atoms with E-state index in [4.69, 9.17) is 9.84 Å². The molecule has 1 fully saturated rings. The Hall–Kier alpha value is -5.37. The van der Waals surface area contributed by atoms with Gasteiger partial charge in [-0.25, -0.2) is 18.6 Å². The third-order valence-electron chi connectivity index (χ3n) is 8.88. The van der Waals surface area contributed by atoms with Gasteiger partial charge in [-0.1, -0.05) is 60.7 Å². The first kappa shape index (κ1) is 29.3. The molecule has 2 atom stereocenters. The van der Waals surface area contributed by atoms with Crippen molar-refractivity contribution in [1.29, 1.82) is 0 Å². The van der Waals surface area contributed by atoms with Crippen molar-refractivity contribution in [1.82, 2.24) is 9.99 Å². The van der Waals surface area contributed by atoms with Crippen LogP contribution in [0.15, 0.2) is 108 Å². The fraction of sp³-hybridized carbons (Fsp3) is 0.184. The second kappa shape index (κ2) is 12.2. The summed E-state index contributed by atoms with van der Waals surface area (Å²) < 4.78 is 33.0. The van der Waals surface area contributed by atoms with Gasteiger partial charge in [-0.15, -0.1) is 0 Å². The summed E-state index contributed by atoms with van der Waals surface area (Å²) in [4.78, 5) is 30.2. The number of halogens is 2. The smallest absolute Gasteiger partial charge is 0.355 e. The predicted molar refractivity (Wildman–Crippen MR) is 174 cm³/mol. The van der Waals surface area contributed by atoms with Crippen LogP contribution >= 0.6 is 0 Å². The van der Waals surface area contributed by atoms with E-state index in [0.29, 0.717) is 0 Å². The Labute approximate surface area is 265 Å². The fourth-order valence-corrected chi connectivity index (χ4v) is 6.57. The van der Waals surface area contributed by atoms with Crippen LogP contribution in [0.4, 0.5) is 8.78 Å². The molecule has 1 aromatic heterocycles. The molecule has 2 heterocycles. The van der Waals surface area contributed by atoms with Crippen molar-refractivity contribution >= 4 is 34.6 Å². The van der Waals surface area contributed by atoms with Gasteiger partial charge in [0.2, 0.25) is 0 Å². The van der Waals surface area contributed by atoms with Crippen molar-refractivity contribution in [2.75, 3.05) is 6.61 Å². The molecule has 0 bridgehead atoms. The highest BCUT2D eigenvalue weighted by Gasteiger charge is 2.44. The van der Waals surface area contributed by atoms with Crippen LogP contribution in [0.25, 0.3) is 28.1 Å². The summed E-state index contributed by atoms with van der Waals surface area (Å²) in [5.74, 6) is -1.93. The van der Waals surface area contributed by atoms with Crippen LogP contribution in [0.2, 0.25) is 0 Å². The van der Waals surface area contributed by atoms with Crippen molar-refractivity contribution in [2.24, 2.45) is 11.0 Å². The molecule has 1 aliphatic heterocycles. The zero-order chi connectivity index (χ0) is 31.8. The van der Waals surface area contributed by atoms with E-state index in [1.54, 1.807) is 24.3 Å². The van der Waals surface area contributed by atoms with E-state index in [-0.39, 0.29) is 23.2 Å². The van der Waals surface area contributed by atoms with E-state index in [1.807, 2.05) is 61.5 Å². The minimum Gasteiger partial charge on any atom is -0.451 e. The van der Waals surface area contributed by atoms with Crippen LogP contribution < -0.4 is 0 Å². The molecular formula is C38H31F2N3O3. The van der Waals surface area contributed by atoms with E-state index in [0.717, 1.165) is 69.3 Å². The highest BCUT2D eigenvalue weighted by Crippen LogP contribution is 2.44. The summed E-state index contributed by atoms with van der Waals surface area (Å²) in [6.45, 7) is 1.34. The number of nitrogens with zero attached hydrogens (tertiary/aromatic N) is 2. The minimum absolute atomic E-state index is 0.125. The number of esters is 1. The molecule has 230 valence electrons. The molecule has 5 aromatic rings. The Balaban J connectivity index is 1.14. The molecule has 8 heteroatoms. The molecule has 0 spiro atoms. The fourth-order valence-electron chi connectivity index (χ4n) is 6.57. The molecule has 6 nitrogen and oxygen atoms in total. The highest BCUT2D eigenvalue weighted by molar-refractivity contribution is 6.08. The number of fused-ring (bicyclic) bond motifs is 2. The number of aromatic amines is 1. The standard InChI is InChI=1S/C38H31F2N3O3/c1-23-32-21-27(25-6-3-2-4-7-25)14-19-33(32)41-35(23)38(45)46-22-34(44)43-37(26-12-17-30(40)18-13-26)31-9-5-8-28(36(31)42-43)20-24-10-15-29(39)16-11-24/h2-4,6-7,10-21,31,37,41H,5,8-9,22H2,1H3/b28-20-. The molecule has 4 aromatic carbocycles. The molecule has 0 saturated heterocycles. The third-order valence-corrected chi connectivity index (χ3v) is 8.88. The summed E-state index contributed by atoms with van der Waals surface area (Å²) in [5, 5.41) is 7.07. The molecule has 2 aliphatic rings. The number of carbonyl (C=O) groups is 2. The largest absolute Gasteiger partial charge is 0.451 e. The van der Waals surface area contributed by atoms with Crippen LogP contribution in [0.1, 0.15) is 52.5 Å². The number of hydrazone groups is 1. The molecule has 1 amide bonds. The van der Waals surface area contributed by atoms with E-state index in [1.165, 1.54) is 29.3 Å². The Morgan fingerprint density at radius 2 is 1.65 bits per heavy atom. The number of carbonyl (C=O) groups excluding carboxylic acids is 2. The van der Waals surface area contributed by atoms with Crippen molar-refractivity contribution in [3.05, 3.63) is 137 Å². The number of amides is 1. The molecular weight excluding hydrogens is 584 g/mol.